The average Bonchev–Trinajstić information content (AvgIpc) is 2.43. The van der Waals surface area contributed by atoms with E-state index in [0.29, 0.717) is 5.92 Å². The maximum Gasteiger partial charge on any atom is 0.320 e. The molecule has 0 aromatic rings. The highest BCUT2D eigenvalue weighted by Gasteiger charge is 2.50. The Kier molecular flexibility index (Phi) is 2.33. The minimum Gasteiger partial charge on any atom is -0.393 e. The lowest BCUT2D eigenvalue weighted by Crippen LogP contribution is -2.33. The minimum atomic E-state index is -0.516. The van der Waals surface area contributed by atoms with Gasteiger partial charge in [0.15, 0.2) is 0 Å². The summed E-state index contributed by atoms with van der Waals surface area (Å²) < 4.78 is 4.65. The van der Waals surface area contributed by atoms with Gasteiger partial charge in [0, 0.05) is 0 Å². The molecule has 2 rings (SSSR count). The molecular weight excluding hydrogens is 180 g/mol. The molecule has 14 heavy (non-hydrogen) atoms. The lowest BCUT2D eigenvalue weighted by atomic mass is 9.69. The largest absolute Gasteiger partial charge is 0.393 e. The Hall–Kier alpha value is -0.860. The van der Waals surface area contributed by atoms with Crippen LogP contribution in [0.1, 0.15) is 45.4 Å². The molecule has 0 bridgehead atoms. The van der Waals surface area contributed by atoms with Crippen LogP contribution >= 0.6 is 0 Å². The van der Waals surface area contributed by atoms with Crippen LogP contribution in [0.3, 0.4) is 0 Å². The summed E-state index contributed by atoms with van der Waals surface area (Å²) in [7, 11) is 0. The second-order valence-corrected chi connectivity index (χ2v) is 4.69. The lowest BCUT2D eigenvalue weighted by molar-refractivity contribution is -0.156. The first-order valence-corrected chi connectivity index (χ1v) is 5.38. The number of rotatable bonds is 1. The topological polar surface area (TPSA) is 43.4 Å². The molecule has 0 radical (unpaired) electrons. The van der Waals surface area contributed by atoms with Crippen molar-refractivity contribution in [2.24, 2.45) is 11.3 Å². The lowest BCUT2D eigenvalue weighted by Gasteiger charge is -2.32. The van der Waals surface area contributed by atoms with Crippen molar-refractivity contribution in [1.82, 2.24) is 0 Å². The van der Waals surface area contributed by atoms with Crippen LogP contribution in [0, 0.1) is 11.3 Å². The third-order valence-corrected chi connectivity index (χ3v) is 3.69. The quantitative estimate of drug-likeness (QED) is 0.476. The van der Waals surface area contributed by atoms with Crippen LogP contribution in [0.15, 0.2) is 0 Å². The normalized spacial score (nSPS) is 34.6. The van der Waals surface area contributed by atoms with Gasteiger partial charge < -0.3 is 4.74 Å². The van der Waals surface area contributed by atoms with Gasteiger partial charge in [-0.1, -0.05) is 19.3 Å². The maximum absolute atomic E-state index is 11.6. The van der Waals surface area contributed by atoms with E-state index < -0.39 is 5.41 Å². The fourth-order valence-electron chi connectivity index (χ4n) is 2.68. The van der Waals surface area contributed by atoms with Crippen molar-refractivity contribution in [3.8, 4) is 0 Å². The third-order valence-electron chi connectivity index (χ3n) is 3.69. The van der Waals surface area contributed by atoms with Gasteiger partial charge in [0.25, 0.3) is 0 Å². The van der Waals surface area contributed by atoms with Crippen molar-refractivity contribution in [2.45, 2.75) is 45.4 Å². The van der Waals surface area contributed by atoms with E-state index in [2.05, 4.69) is 4.74 Å². The fourth-order valence-corrected chi connectivity index (χ4v) is 2.68. The summed E-state index contributed by atoms with van der Waals surface area (Å²) in [4.78, 5) is 22.6. The average molecular weight is 196 g/mol. The minimum absolute atomic E-state index is 0.288. The van der Waals surface area contributed by atoms with Gasteiger partial charge in [0.05, 0.1) is 11.8 Å². The number of hydrogen-bond donors (Lipinski definition) is 0. The van der Waals surface area contributed by atoms with E-state index >= 15 is 0 Å². The number of ether oxygens (including phenoxy) is 1. The Labute approximate surface area is 83.8 Å². The summed E-state index contributed by atoms with van der Waals surface area (Å²) in [5.74, 6) is -0.285. The molecule has 1 atom stereocenters. The van der Waals surface area contributed by atoms with Gasteiger partial charge in [-0.2, -0.15) is 0 Å². The van der Waals surface area contributed by atoms with Crippen LogP contribution in [0.25, 0.3) is 0 Å². The van der Waals surface area contributed by atoms with Crippen molar-refractivity contribution in [3.63, 3.8) is 0 Å². The van der Waals surface area contributed by atoms with E-state index in [1.165, 1.54) is 19.3 Å². The molecule has 1 heterocycles. The van der Waals surface area contributed by atoms with Gasteiger partial charge >= 0.3 is 11.9 Å². The molecule has 1 aliphatic carbocycles. The van der Waals surface area contributed by atoms with Gasteiger partial charge in [-0.25, -0.2) is 0 Å². The van der Waals surface area contributed by atoms with E-state index in [9.17, 15) is 9.59 Å². The summed E-state index contributed by atoms with van der Waals surface area (Å²) in [6.07, 6.45) is 6.05. The molecule has 0 amide bonds. The van der Waals surface area contributed by atoms with E-state index in [0.717, 1.165) is 12.8 Å². The predicted molar refractivity (Wildman–Crippen MR) is 50.4 cm³/mol. The molecule has 1 saturated heterocycles. The second kappa shape index (κ2) is 3.37. The standard InChI is InChI=1S/C11H16O3/c1-11(7-9(12)14-10(11)13)8-5-3-2-4-6-8/h8H,2-7H2,1H3/t11-/m0/s1. The van der Waals surface area contributed by atoms with Crippen LogP contribution < -0.4 is 0 Å². The highest BCUT2D eigenvalue weighted by molar-refractivity contribution is 5.97. The second-order valence-electron chi connectivity index (χ2n) is 4.69. The number of carbonyl (C=O) groups excluding carboxylic acids is 2. The number of carbonyl (C=O) groups is 2. The van der Waals surface area contributed by atoms with Crippen molar-refractivity contribution in [1.29, 1.82) is 0 Å². The summed E-state index contributed by atoms with van der Waals surface area (Å²) in [5, 5.41) is 0. The summed E-state index contributed by atoms with van der Waals surface area (Å²) in [6.45, 7) is 1.89. The van der Waals surface area contributed by atoms with Crippen molar-refractivity contribution < 1.29 is 14.3 Å². The molecule has 0 aromatic carbocycles. The molecule has 0 aromatic heterocycles. The Morgan fingerprint density at radius 2 is 1.86 bits per heavy atom. The van der Waals surface area contributed by atoms with Gasteiger partial charge in [-0.3, -0.25) is 9.59 Å². The molecule has 1 aliphatic heterocycles. The molecule has 0 spiro atoms. The van der Waals surface area contributed by atoms with Crippen LogP contribution in [0.4, 0.5) is 0 Å². The molecule has 0 unspecified atom stereocenters. The third kappa shape index (κ3) is 1.45. The molecule has 0 N–H and O–H groups in total. The number of esters is 2. The van der Waals surface area contributed by atoms with Gasteiger partial charge in [-0.15, -0.1) is 0 Å². The predicted octanol–water partition coefficient (Wildman–Crippen LogP) is 2.05. The fraction of sp³-hybridized carbons (Fsp3) is 0.818. The van der Waals surface area contributed by atoms with Crippen LogP contribution in [0.5, 0.6) is 0 Å². The highest BCUT2D eigenvalue weighted by Crippen LogP contribution is 2.44. The zero-order valence-corrected chi connectivity index (χ0v) is 8.54. The zero-order valence-electron chi connectivity index (χ0n) is 8.54. The van der Waals surface area contributed by atoms with Crippen molar-refractivity contribution >= 4 is 11.9 Å². The Morgan fingerprint density at radius 3 is 2.36 bits per heavy atom. The molecule has 2 aliphatic rings. The monoisotopic (exact) mass is 196 g/mol. The SMILES string of the molecule is C[C@@]1(C2CCCCC2)CC(=O)OC1=O. The van der Waals surface area contributed by atoms with E-state index in [1.54, 1.807) is 0 Å². The molecule has 3 nitrogen and oxygen atoms in total. The Bertz CT molecular complexity index is 266. The first-order chi connectivity index (χ1) is 6.63. The van der Waals surface area contributed by atoms with E-state index in [-0.39, 0.29) is 18.4 Å². The highest BCUT2D eigenvalue weighted by atomic mass is 16.6. The van der Waals surface area contributed by atoms with Gasteiger partial charge in [0.1, 0.15) is 0 Å². The number of cyclic esters (lactones) is 2. The van der Waals surface area contributed by atoms with Gasteiger partial charge in [0.2, 0.25) is 0 Å². The number of hydrogen-bond acceptors (Lipinski definition) is 3. The summed E-state index contributed by atoms with van der Waals surface area (Å²) >= 11 is 0. The van der Waals surface area contributed by atoms with Crippen LogP contribution in [0.2, 0.25) is 0 Å². The molecule has 78 valence electrons. The maximum atomic E-state index is 11.6. The Balaban J connectivity index is 2.14. The zero-order chi connectivity index (χ0) is 10.2. The van der Waals surface area contributed by atoms with Crippen molar-refractivity contribution in [3.05, 3.63) is 0 Å². The van der Waals surface area contributed by atoms with E-state index in [4.69, 9.17) is 0 Å². The van der Waals surface area contributed by atoms with Gasteiger partial charge in [-0.05, 0) is 25.7 Å². The first-order valence-electron chi connectivity index (χ1n) is 5.38. The van der Waals surface area contributed by atoms with Crippen LogP contribution in [-0.2, 0) is 14.3 Å². The molecule has 2 fully saturated rings. The van der Waals surface area contributed by atoms with Crippen LogP contribution in [-0.4, -0.2) is 11.9 Å². The van der Waals surface area contributed by atoms with E-state index in [1.807, 2.05) is 6.92 Å². The molecule has 3 heteroatoms. The summed E-state index contributed by atoms with van der Waals surface area (Å²) in [5.41, 5.74) is -0.516. The first kappa shape index (κ1) is 9.69. The smallest absolute Gasteiger partial charge is 0.320 e. The summed E-state index contributed by atoms with van der Waals surface area (Å²) in [6, 6.07) is 0. The Morgan fingerprint density at radius 1 is 1.21 bits per heavy atom. The molecular formula is C11H16O3. The molecule has 1 saturated carbocycles. The van der Waals surface area contributed by atoms with Crippen molar-refractivity contribution in [2.75, 3.05) is 0 Å².